The molecule has 0 aliphatic heterocycles. The number of benzene rings is 2. The smallest absolute Gasteiger partial charge is 0.255 e. The van der Waals surface area contributed by atoms with E-state index in [0.29, 0.717) is 5.69 Å². The molecule has 1 N–H and O–H groups in total. The van der Waals surface area contributed by atoms with Gasteiger partial charge in [0, 0.05) is 12.7 Å². The number of hydrazone groups is 1. The largest absolute Gasteiger partial charge is 0.272 e. The van der Waals surface area contributed by atoms with Gasteiger partial charge in [0.2, 0.25) is 10.0 Å². The lowest BCUT2D eigenvalue weighted by molar-refractivity contribution is -0.121. The molecule has 0 fully saturated rings. The number of pyridine rings is 1. The number of rotatable bonds is 8. The Labute approximate surface area is 169 Å². The van der Waals surface area contributed by atoms with E-state index in [9.17, 15) is 13.2 Å². The van der Waals surface area contributed by atoms with Crippen LogP contribution in [-0.4, -0.2) is 36.4 Å². The molecule has 1 amide bonds. The molecule has 2 aromatic carbocycles. The number of carbonyl (C=O) groups is 1. The van der Waals surface area contributed by atoms with Gasteiger partial charge in [0.1, 0.15) is 0 Å². The van der Waals surface area contributed by atoms with Crippen molar-refractivity contribution in [2.24, 2.45) is 5.10 Å². The highest BCUT2D eigenvalue weighted by molar-refractivity contribution is 7.89. The van der Waals surface area contributed by atoms with Crippen LogP contribution in [0.4, 0.5) is 0 Å². The van der Waals surface area contributed by atoms with Crippen LogP contribution in [-0.2, 0) is 21.4 Å². The summed E-state index contributed by atoms with van der Waals surface area (Å²) >= 11 is 0. The number of nitrogens with zero attached hydrogens (tertiary/aromatic N) is 3. The summed E-state index contributed by atoms with van der Waals surface area (Å²) in [5, 5.41) is 3.85. The van der Waals surface area contributed by atoms with Gasteiger partial charge in [-0.3, -0.25) is 9.78 Å². The first-order valence-electron chi connectivity index (χ1n) is 8.88. The molecule has 0 aliphatic rings. The highest BCUT2D eigenvalue weighted by atomic mass is 32.2. The molecule has 0 atom stereocenters. The van der Waals surface area contributed by atoms with Gasteiger partial charge >= 0.3 is 0 Å². The molecule has 0 saturated heterocycles. The summed E-state index contributed by atoms with van der Waals surface area (Å²) in [6.07, 6.45) is 3.00. The third kappa shape index (κ3) is 5.81. The molecular weight excluding hydrogens is 388 g/mol. The number of amides is 1. The maximum absolute atomic E-state index is 13.1. The van der Waals surface area contributed by atoms with Gasteiger partial charge in [-0.05, 0) is 29.8 Å². The second-order valence-corrected chi connectivity index (χ2v) is 8.06. The van der Waals surface area contributed by atoms with Crippen molar-refractivity contribution >= 4 is 22.1 Å². The average Bonchev–Trinajstić information content (AvgIpc) is 2.75. The third-order valence-electron chi connectivity index (χ3n) is 3.98. The molecule has 7 nitrogen and oxygen atoms in total. The summed E-state index contributed by atoms with van der Waals surface area (Å²) in [7, 11) is -3.86. The molecule has 148 valence electrons. The standard InChI is InChI=1S/C21H20N4O3S/c26-21(24-23-15-19-11-7-8-14-22-19)17-25(16-18-9-3-1-4-10-18)29(27,28)20-12-5-2-6-13-20/h1-15H,16-17H2,(H,24,26)/b23-15-. The molecule has 1 heterocycles. The van der Waals surface area contributed by atoms with E-state index in [1.807, 2.05) is 30.3 Å². The van der Waals surface area contributed by atoms with Crippen LogP contribution in [0.2, 0.25) is 0 Å². The minimum Gasteiger partial charge on any atom is -0.272 e. The Morgan fingerprint density at radius 1 is 0.966 bits per heavy atom. The summed E-state index contributed by atoms with van der Waals surface area (Å²) in [5.74, 6) is -0.549. The highest BCUT2D eigenvalue weighted by Gasteiger charge is 2.26. The summed E-state index contributed by atoms with van der Waals surface area (Å²) in [5.41, 5.74) is 3.71. The number of carbonyl (C=O) groups excluding carboxylic acids is 1. The predicted octanol–water partition coefficient (Wildman–Crippen LogP) is 2.42. The van der Waals surface area contributed by atoms with E-state index in [1.54, 1.807) is 42.6 Å². The monoisotopic (exact) mass is 408 g/mol. The minimum atomic E-state index is -3.86. The molecule has 0 saturated carbocycles. The van der Waals surface area contributed by atoms with Crippen LogP contribution in [0.5, 0.6) is 0 Å². The number of hydrogen-bond acceptors (Lipinski definition) is 5. The number of aromatic nitrogens is 1. The second-order valence-electron chi connectivity index (χ2n) is 6.12. The normalized spacial score (nSPS) is 11.6. The molecule has 0 spiro atoms. The zero-order valence-corrected chi connectivity index (χ0v) is 16.4. The predicted molar refractivity (Wildman–Crippen MR) is 110 cm³/mol. The zero-order chi connectivity index (χ0) is 20.5. The molecule has 0 radical (unpaired) electrons. The maximum Gasteiger partial charge on any atom is 0.255 e. The SMILES string of the molecule is O=C(CN(Cc1ccccc1)S(=O)(=O)c1ccccc1)N/N=C\c1ccccn1. The van der Waals surface area contributed by atoms with Crippen LogP contribution >= 0.6 is 0 Å². The van der Waals surface area contributed by atoms with Crippen molar-refractivity contribution in [2.45, 2.75) is 11.4 Å². The summed E-state index contributed by atoms with van der Waals surface area (Å²) in [6, 6.07) is 22.4. The molecule has 1 aromatic heterocycles. The molecule has 0 aliphatic carbocycles. The molecule has 3 aromatic rings. The zero-order valence-electron chi connectivity index (χ0n) is 15.5. The van der Waals surface area contributed by atoms with E-state index >= 15 is 0 Å². The van der Waals surface area contributed by atoms with Crippen LogP contribution < -0.4 is 5.43 Å². The lowest BCUT2D eigenvalue weighted by atomic mass is 10.2. The Kier molecular flexibility index (Phi) is 6.83. The average molecular weight is 408 g/mol. The van der Waals surface area contributed by atoms with Crippen LogP contribution in [0.15, 0.2) is 95.1 Å². The van der Waals surface area contributed by atoms with Gasteiger partial charge in [0.15, 0.2) is 0 Å². The van der Waals surface area contributed by atoms with Crippen molar-refractivity contribution in [3.05, 3.63) is 96.3 Å². The number of nitrogens with one attached hydrogen (secondary N) is 1. The second kappa shape index (κ2) is 9.72. The first kappa shape index (κ1) is 20.4. The maximum atomic E-state index is 13.1. The number of sulfonamides is 1. The lowest BCUT2D eigenvalue weighted by Crippen LogP contribution is -2.39. The Morgan fingerprint density at radius 2 is 1.62 bits per heavy atom. The van der Waals surface area contributed by atoms with Crippen LogP contribution in [0.3, 0.4) is 0 Å². The van der Waals surface area contributed by atoms with E-state index in [-0.39, 0.29) is 18.0 Å². The van der Waals surface area contributed by atoms with Gasteiger partial charge in [-0.2, -0.15) is 9.41 Å². The minimum absolute atomic E-state index is 0.0649. The molecular formula is C21H20N4O3S. The van der Waals surface area contributed by atoms with Crippen LogP contribution in [0.25, 0.3) is 0 Å². The van der Waals surface area contributed by atoms with Crippen molar-refractivity contribution < 1.29 is 13.2 Å². The highest BCUT2D eigenvalue weighted by Crippen LogP contribution is 2.18. The first-order valence-corrected chi connectivity index (χ1v) is 10.3. The third-order valence-corrected chi connectivity index (χ3v) is 5.78. The van der Waals surface area contributed by atoms with Gasteiger partial charge in [0.25, 0.3) is 5.91 Å². The topological polar surface area (TPSA) is 91.7 Å². The van der Waals surface area contributed by atoms with Gasteiger partial charge in [0.05, 0.1) is 23.3 Å². The van der Waals surface area contributed by atoms with Crippen LogP contribution in [0, 0.1) is 0 Å². The van der Waals surface area contributed by atoms with E-state index in [0.717, 1.165) is 9.87 Å². The van der Waals surface area contributed by atoms with Crippen molar-refractivity contribution in [1.29, 1.82) is 0 Å². The fourth-order valence-electron chi connectivity index (χ4n) is 2.57. The lowest BCUT2D eigenvalue weighted by Gasteiger charge is -2.21. The Balaban J connectivity index is 1.76. The van der Waals surface area contributed by atoms with E-state index in [1.165, 1.54) is 18.3 Å². The van der Waals surface area contributed by atoms with Gasteiger partial charge in [-0.15, -0.1) is 0 Å². The van der Waals surface area contributed by atoms with Gasteiger partial charge in [-0.25, -0.2) is 13.8 Å². The van der Waals surface area contributed by atoms with Crippen molar-refractivity contribution in [1.82, 2.24) is 14.7 Å². The van der Waals surface area contributed by atoms with Crippen molar-refractivity contribution in [2.75, 3.05) is 6.54 Å². The van der Waals surface area contributed by atoms with Gasteiger partial charge < -0.3 is 0 Å². The molecule has 3 rings (SSSR count). The van der Waals surface area contributed by atoms with Crippen molar-refractivity contribution in [3.8, 4) is 0 Å². The molecule has 29 heavy (non-hydrogen) atoms. The quantitative estimate of drug-likeness (QED) is 0.458. The fraction of sp³-hybridized carbons (Fsp3) is 0.0952. The Hall–Kier alpha value is -3.36. The molecule has 0 bridgehead atoms. The molecule has 8 heteroatoms. The summed E-state index contributed by atoms with van der Waals surface area (Å²) in [6.45, 7) is -0.304. The number of hydrogen-bond donors (Lipinski definition) is 1. The van der Waals surface area contributed by atoms with Crippen molar-refractivity contribution in [3.63, 3.8) is 0 Å². The summed E-state index contributed by atoms with van der Waals surface area (Å²) < 4.78 is 27.3. The van der Waals surface area contributed by atoms with E-state index in [4.69, 9.17) is 0 Å². The van der Waals surface area contributed by atoms with Gasteiger partial charge in [-0.1, -0.05) is 54.6 Å². The Morgan fingerprint density at radius 3 is 2.28 bits per heavy atom. The Bertz CT molecular complexity index is 1060. The van der Waals surface area contributed by atoms with E-state index in [2.05, 4.69) is 15.5 Å². The van der Waals surface area contributed by atoms with Crippen LogP contribution in [0.1, 0.15) is 11.3 Å². The molecule has 0 unspecified atom stereocenters. The first-order chi connectivity index (χ1) is 14.1. The van der Waals surface area contributed by atoms with E-state index < -0.39 is 15.9 Å². The summed E-state index contributed by atoms with van der Waals surface area (Å²) in [4.78, 5) is 16.6. The fourth-order valence-corrected chi connectivity index (χ4v) is 3.98.